The Morgan fingerprint density at radius 3 is 2.04 bits per heavy atom. The van der Waals surface area contributed by atoms with E-state index in [2.05, 4.69) is 102 Å². The molecule has 2 aromatic carbocycles. The van der Waals surface area contributed by atoms with Crippen molar-refractivity contribution in [1.29, 1.82) is 0 Å². The fourth-order valence-electron chi connectivity index (χ4n) is 11.6. The SMILES string of the molecule is C[C@H](CCCCO)[C@H]1CC[C@H]2[C@H]3[C@H](CC[C@]12C)[C@@]1(C)CC[C@H](O[Si](C(c2ccccc2)c2ccccc2)C(C)(C)C)CC1CC3(F)F. The van der Waals surface area contributed by atoms with Crippen LogP contribution in [0.25, 0.3) is 0 Å². The molecule has 0 spiro atoms. The van der Waals surface area contributed by atoms with Gasteiger partial charge in [0, 0.05) is 30.6 Å². The molecule has 9 atom stereocenters. The van der Waals surface area contributed by atoms with Crippen molar-refractivity contribution in [3.63, 3.8) is 0 Å². The zero-order valence-electron chi connectivity index (χ0n) is 30.0. The molecular formula is C42H61F2O2Si. The molecule has 0 saturated heterocycles. The average Bonchev–Trinajstić information content (AvgIpc) is 3.39. The molecule has 0 amide bonds. The monoisotopic (exact) mass is 663 g/mol. The Balaban J connectivity index is 1.22. The third-order valence-corrected chi connectivity index (χ3v) is 17.3. The predicted molar refractivity (Wildman–Crippen MR) is 191 cm³/mol. The highest BCUT2D eigenvalue weighted by atomic mass is 28.3. The molecular weight excluding hydrogens is 603 g/mol. The third kappa shape index (κ3) is 6.68. The summed E-state index contributed by atoms with van der Waals surface area (Å²) in [5, 5.41) is 9.28. The Kier molecular flexibility index (Phi) is 10.2. The van der Waals surface area contributed by atoms with Crippen LogP contribution in [0.5, 0.6) is 0 Å². The van der Waals surface area contributed by atoms with Crippen LogP contribution >= 0.6 is 0 Å². The standard InChI is InChI=1S/C42H61F2O2Si/c1-29(15-13-14-26-45)34-20-21-35-37-36(23-25-41(34,35)6)40(5)24-22-33(27-32(40)28-42(37,43)44)46-47(39(2,3)4)38(30-16-9-7-10-17-30)31-18-11-8-12-19-31/h7-12,16-19,29,32-38,45H,13-15,20-28H2,1-6H3/t29-,32?,33+,34-,35+,36+,37+,40+,41-/m1/s1. The van der Waals surface area contributed by atoms with E-state index >= 15 is 8.78 Å². The van der Waals surface area contributed by atoms with Crippen LogP contribution in [0, 0.1) is 46.3 Å². The molecule has 1 radical (unpaired) electrons. The number of halogens is 2. The van der Waals surface area contributed by atoms with Crippen molar-refractivity contribution >= 4 is 9.04 Å². The maximum absolute atomic E-state index is 16.8. The fourth-order valence-corrected chi connectivity index (χ4v) is 14.5. The largest absolute Gasteiger partial charge is 0.412 e. The van der Waals surface area contributed by atoms with Gasteiger partial charge in [-0.1, -0.05) is 115 Å². The van der Waals surface area contributed by atoms with E-state index in [-0.39, 0.29) is 58.3 Å². The molecule has 0 bridgehead atoms. The number of aliphatic hydroxyl groups is 1. The number of rotatable bonds is 10. The Morgan fingerprint density at radius 2 is 1.45 bits per heavy atom. The Bertz CT molecular complexity index is 1270. The van der Waals surface area contributed by atoms with Crippen molar-refractivity contribution < 1.29 is 18.3 Å². The van der Waals surface area contributed by atoms with Gasteiger partial charge in [-0.2, -0.15) is 0 Å². The molecule has 47 heavy (non-hydrogen) atoms. The zero-order chi connectivity index (χ0) is 33.6. The molecule has 4 aliphatic rings. The summed E-state index contributed by atoms with van der Waals surface area (Å²) in [4.78, 5) is 0. The maximum Gasteiger partial charge on any atom is 0.251 e. The van der Waals surface area contributed by atoms with Gasteiger partial charge in [-0.05, 0) is 108 Å². The van der Waals surface area contributed by atoms with Gasteiger partial charge in [0.05, 0.1) is 0 Å². The minimum atomic E-state index is -2.62. The van der Waals surface area contributed by atoms with Crippen LogP contribution < -0.4 is 0 Å². The number of hydrogen-bond acceptors (Lipinski definition) is 2. The second kappa shape index (κ2) is 13.6. The van der Waals surface area contributed by atoms with Gasteiger partial charge < -0.3 is 9.53 Å². The van der Waals surface area contributed by atoms with Crippen LogP contribution in [0.1, 0.15) is 129 Å². The van der Waals surface area contributed by atoms with Crippen LogP contribution in [0.15, 0.2) is 60.7 Å². The van der Waals surface area contributed by atoms with Gasteiger partial charge in [-0.25, -0.2) is 8.78 Å². The predicted octanol–water partition coefficient (Wildman–Crippen LogP) is 11.2. The topological polar surface area (TPSA) is 29.5 Å². The first-order valence-corrected chi connectivity index (χ1v) is 20.4. The highest BCUT2D eigenvalue weighted by molar-refractivity contribution is 6.58. The van der Waals surface area contributed by atoms with Crippen LogP contribution in [0.2, 0.25) is 5.04 Å². The Labute approximate surface area is 286 Å². The normalized spacial score (nSPS) is 35.7. The van der Waals surface area contributed by atoms with Gasteiger partial charge in [-0.3, -0.25) is 0 Å². The molecule has 6 rings (SSSR count). The minimum Gasteiger partial charge on any atom is -0.412 e. The molecule has 1 N–H and O–H groups in total. The second-order valence-corrected chi connectivity index (χ2v) is 20.8. The summed E-state index contributed by atoms with van der Waals surface area (Å²) in [6.07, 6.45) is 9.92. The third-order valence-electron chi connectivity index (χ3n) is 14.0. The van der Waals surface area contributed by atoms with Crippen molar-refractivity contribution in [2.75, 3.05) is 6.61 Å². The number of aliphatic hydroxyl groups excluding tert-OH is 1. The van der Waals surface area contributed by atoms with Crippen molar-refractivity contribution in [2.24, 2.45) is 46.3 Å². The van der Waals surface area contributed by atoms with Crippen LogP contribution in [0.4, 0.5) is 8.78 Å². The van der Waals surface area contributed by atoms with Crippen molar-refractivity contribution in [3.05, 3.63) is 71.8 Å². The molecule has 0 heterocycles. The smallest absolute Gasteiger partial charge is 0.251 e. The summed E-state index contributed by atoms with van der Waals surface area (Å²) in [7, 11) is -1.45. The van der Waals surface area contributed by atoms with Gasteiger partial charge in [0.25, 0.3) is 5.92 Å². The number of alkyl halides is 2. The quantitative estimate of drug-likeness (QED) is 0.202. The summed E-state index contributed by atoms with van der Waals surface area (Å²) in [5.74, 6) is -1.80. The average molecular weight is 664 g/mol. The molecule has 0 aliphatic heterocycles. The number of benzene rings is 2. The summed E-state index contributed by atoms with van der Waals surface area (Å²) < 4.78 is 40.8. The molecule has 1 unspecified atom stereocenters. The van der Waals surface area contributed by atoms with Gasteiger partial charge >= 0.3 is 0 Å². The van der Waals surface area contributed by atoms with E-state index in [9.17, 15) is 5.11 Å². The number of fused-ring (bicyclic) bond motifs is 5. The molecule has 259 valence electrons. The van der Waals surface area contributed by atoms with Crippen LogP contribution in [-0.4, -0.2) is 32.8 Å². The van der Waals surface area contributed by atoms with Gasteiger partial charge in [0.1, 0.15) is 0 Å². The summed E-state index contributed by atoms with van der Waals surface area (Å²) in [6.45, 7) is 14.3. The first-order valence-electron chi connectivity index (χ1n) is 18.9. The molecule has 4 fully saturated rings. The van der Waals surface area contributed by atoms with Crippen molar-refractivity contribution in [1.82, 2.24) is 0 Å². The zero-order valence-corrected chi connectivity index (χ0v) is 31.0. The van der Waals surface area contributed by atoms with Gasteiger partial charge in [0.15, 0.2) is 0 Å². The first kappa shape index (κ1) is 35.3. The molecule has 0 aromatic heterocycles. The lowest BCUT2D eigenvalue weighted by Crippen LogP contribution is -2.61. The maximum atomic E-state index is 16.8. The lowest BCUT2D eigenvalue weighted by atomic mass is 9.43. The Hall–Kier alpha value is -1.56. The number of hydrogen-bond donors (Lipinski definition) is 1. The highest BCUT2D eigenvalue weighted by Gasteiger charge is 2.68. The molecule has 4 aliphatic carbocycles. The van der Waals surface area contributed by atoms with E-state index in [1.165, 1.54) is 11.1 Å². The molecule has 2 aromatic rings. The molecule has 2 nitrogen and oxygen atoms in total. The highest BCUT2D eigenvalue weighted by Crippen LogP contribution is 2.71. The molecule has 5 heteroatoms. The lowest BCUT2D eigenvalue weighted by Gasteiger charge is -2.63. The van der Waals surface area contributed by atoms with Crippen LogP contribution in [0.3, 0.4) is 0 Å². The minimum absolute atomic E-state index is 0.00609. The van der Waals surface area contributed by atoms with E-state index in [1.54, 1.807) is 0 Å². The van der Waals surface area contributed by atoms with E-state index in [1.807, 2.05) is 0 Å². The van der Waals surface area contributed by atoms with Crippen molar-refractivity contribution in [3.8, 4) is 0 Å². The summed E-state index contributed by atoms with van der Waals surface area (Å²) >= 11 is 0. The number of unbranched alkanes of at least 4 members (excludes halogenated alkanes) is 1. The summed E-state index contributed by atoms with van der Waals surface area (Å²) in [6, 6.07) is 21.6. The second-order valence-electron chi connectivity index (χ2n) is 17.7. The lowest BCUT2D eigenvalue weighted by molar-refractivity contribution is -0.237. The van der Waals surface area contributed by atoms with E-state index in [0.717, 1.165) is 64.2 Å². The fraction of sp³-hybridized carbons (Fsp3) is 0.714. The summed E-state index contributed by atoms with van der Waals surface area (Å²) in [5.41, 5.74) is 2.73. The van der Waals surface area contributed by atoms with E-state index in [0.29, 0.717) is 11.8 Å². The first-order chi connectivity index (χ1) is 22.3. The van der Waals surface area contributed by atoms with E-state index < -0.39 is 20.9 Å². The molecule has 4 saturated carbocycles. The van der Waals surface area contributed by atoms with Gasteiger partial charge in [-0.15, -0.1) is 0 Å². The van der Waals surface area contributed by atoms with E-state index in [4.69, 9.17) is 4.43 Å². The Morgan fingerprint density at radius 1 is 0.851 bits per heavy atom. The van der Waals surface area contributed by atoms with Crippen molar-refractivity contribution in [2.45, 2.75) is 135 Å². The van der Waals surface area contributed by atoms with Crippen LogP contribution in [-0.2, 0) is 4.43 Å². The van der Waals surface area contributed by atoms with Gasteiger partial charge in [0.2, 0.25) is 9.04 Å².